The minimum absolute atomic E-state index is 0.0137. The van der Waals surface area contributed by atoms with Gasteiger partial charge in [-0.15, -0.1) is 0 Å². The maximum atomic E-state index is 12.8. The van der Waals surface area contributed by atoms with Gasteiger partial charge in [0.05, 0.1) is 4.90 Å². The molecule has 1 saturated carbocycles. The standard InChI is InChI=1S/C19H27N3O4S/c1-13(23)14-4-6-17(7-5-14)27(25,26)22-10-8-16(9-11-22)19(24)21-18(12-20)15-2-3-15/h4-7,15-16,18H,2-3,8-12,20H2,1H3,(H,21,24). The smallest absolute Gasteiger partial charge is 0.243 e. The van der Waals surface area contributed by atoms with Crippen molar-refractivity contribution >= 4 is 21.7 Å². The van der Waals surface area contributed by atoms with Crippen LogP contribution in [0.2, 0.25) is 0 Å². The highest BCUT2D eigenvalue weighted by Gasteiger charge is 2.35. The fraction of sp³-hybridized carbons (Fsp3) is 0.579. The van der Waals surface area contributed by atoms with Crippen molar-refractivity contribution in [1.29, 1.82) is 0 Å². The Morgan fingerprint density at radius 3 is 2.22 bits per heavy atom. The molecule has 2 fully saturated rings. The zero-order valence-electron chi connectivity index (χ0n) is 15.6. The lowest BCUT2D eigenvalue weighted by molar-refractivity contribution is -0.126. The Labute approximate surface area is 160 Å². The monoisotopic (exact) mass is 393 g/mol. The molecular formula is C19H27N3O4S. The van der Waals surface area contributed by atoms with E-state index in [0.717, 1.165) is 12.8 Å². The molecule has 27 heavy (non-hydrogen) atoms. The molecule has 7 nitrogen and oxygen atoms in total. The number of hydrogen-bond acceptors (Lipinski definition) is 5. The number of amides is 1. The average Bonchev–Trinajstić information content (AvgIpc) is 3.51. The van der Waals surface area contributed by atoms with Crippen LogP contribution in [0.5, 0.6) is 0 Å². The van der Waals surface area contributed by atoms with Crippen molar-refractivity contribution in [1.82, 2.24) is 9.62 Å². The summed E-state index contributed by atoms with van der Waals surface area (Å²) in [6.07, 6.45) is 3.22. The lowest BCUT2D eigenvalue weighted by Crippen LogP contribution is -2.47. The third-order valence-corrected chi connectivity index (χ3v) is 7.41. The first kappa shape index (κ1) is 20.0. The number of carbonyl (C=O) groups is 2. The molecule has 1 aliphatic carbocycles. The Morgan fingerprint density at radius 1 is 1.15 bits per heavy atom. The number of sulfonamides is 1. The van der Waals surface area contributed by atoms with Gasteiger partial charge in [0.25, 0.3) is 0 Å². The second-order valence-electron chi connectivity index (χ2n) is 7.45. The van der Waals surface area contributed by atoms with E-state index in [1.165, 1.54) is 35.5 Å². The number of nitrogens with zero attached hydrogens (tertiary/aromatic N) is 1. The summed E-state index contributed by atoms with van der Waals surface area (Å²) in [5, 5.41) is 3.04. The minimum atomic E-state index is -3.61. The van der Waals surface area contributed by atoms with Crippen LogP contribution in [-0.4, -0.2) is 50.1 Å². The Hall–Kier alpha value is -1.77. The number of hydrogen-bond donors (Lipinski definition) is 2. The summed E-state index contributed by atoms with van der Waals surface area (Å²) in [6.45, 7) is 2.51. The molecular weight excluding hydrogens is 366 g/mol. The highest BCUT2D eigenvalue weighted by atomic mass is 32.2. The highest BCUT2D eigenvalue weighted by molar-refractivity contribution is 7.89. The number of benzene rings is 1. The van der Waals surface area contributed by atoms with Gasteiger partial charge < -0.3 is 11.1 Å². The molecule has 1 aromatic carbocycles. The molecule has 1 aliphatic heterocycles. The first-order valence-electron chi connectivity index (χ1n) is 9.44. The van der Waals surface area contributed by atoms with Gasteiger partial charge in [0.1, 0.15) is 0 Å². The average molecular weight is 394 g/mol. The van der Waals surface area contributed by atoms with Crippen molar-refractivity contribution < 1.29 is 18.0 Å². The molecule has 1 atom stereocenters. The summed E-state index contributed by atoms with van der Waals surface area (Å²) in [4.78, 5) is 24.0. The molecule has 0 aromatic heterocycles. The number of ketones is 1. The van der Waals surface area contributed by atoms with Crippen LogP contribution in [0.1, 0.15) is 43.0 Å². The quantitative estimate of drug-likeness (QED) is 0.675. The van der Waals surface area contributed by atoms with Crippen LogP contribution in [0.25, 0.3) is 0 Å². The maximum Gasteiger partial charge on any atom is 0.243 e. The molecule has 0 radical (unpaired) electrons. The molecule has 148 valence electrons. The van der Waals surface area contributed by atoms with E-state index in [1.54, 1.807) is 0 Å². The summed E-state index contributed by atoms with van der Waals surface area (Å²) in [6, 6.07) is 6.03. The number of carbonyl (C=O) groups excluding carboxylic acids is 2. The zero-order chi connectivity index (χ0) is 19.6. The van der Waals surface area contributed by atoms with Crippen LogP contribution < -0.4 is 11.1 Å². The largest absolute Gasteiger partial charge is 0.352 e. The zero-order valence-corrected chi connectivity index (χ0v) is 16.4. The van der Waals surface area contributed by atoms with Crippen molar-refractivity contribution in [2.75, 3.05) is 19.6 Å². The van der Waals surface area contributed by atoms with Crippen molar-refractivity contribution in [2.24, 2.45) is 17.6 Å². The van der Waals surface area contributed by atoms with Crippen LogP contribution in [0.15, 0.2) is 29.2 Å². The van der Waals surface area contributed by atoms with E-state index in [0.29, 0.717) is 44.0 Å². The molecule has 1 unspecified atom stereocenters. The summed E-state index contributed by atoms with van der Waals surface area (Å²) in [7, 11) is -3.61. The van der Waals surface area contributed by atoms with Crippen LogP contribution in [0, 0.1) is 11.8 Å². The molecule has 3 N–H and O–H groups in total. The summed E-state index contributed by atoms with van der Waals surface area (Å²) >= 11 is 0. The topological polar surface area (TPSA) is 110 Å². The van der Waals surface area contributed by atoms with Gasteiger partial charge in [-0.2, -0.15) is 4.31 Å². The summed E-state index contributed by atoms with van der Waals surface area (Å²) in [5.74, 6) is 0.203. The van der Waals surface area contributed by atoms with Crippen molar-refractivity contribution in [3.8, 4) is 0 Å². The predicted molar refractivity (Wildman–Crippen MR) is 102 cm³/mol. The van der Waals surface area contributed by atoms with Crippen LogP contribution in [-0.2, 0) is 14.8 Å². The van der Waals surface area contributed by atoms with E-state index < -0.39 is 10.0 Å². The first-order chi connectivity index (χ1) is 12.8. The van der Waals surface area contributed by atoms with Gasteiger partial charge >= 0.3 is 0 Å². The third kappa shape index (κ3) is 4.56. The van der Waals surface area contributed by atoms with Crippen molar-refractivity contribution in [3.05, 3.63) is 29.8 Å². The van der Waals surface area contributed by atoms with Crippen LogP contribution in [0.4, 0.5) is 0 Å². The predicted octanol–water partition coefficient (Wildman–Crippen LogP) is 1.14. The van der Waals surface area contributed by atoms with E-state index in [4.69, 9.17) is 5.73 Å². The molecule has 3 rings (SSSR count). The van der Waals surface area contributed by atoms with Gasteiger partial charge in [-0.1, -0.05) is 12.1 Å². The van der Waals surface area contributed by atoms with Crippen LogP contribution >= 0.6 is 0 Å². The molecule has 1 aromatic rings. The molecule has 0 bridgehead atoms. The Kier molecular flexibility index (Phi) is 5.98. The molecule has 1 saturated heterocycles. The normalized spacial score (nSPS) is 20.2. The molecule has 2 aliphatic rings. The highest BCUT2D eigenvalue weighted by Crippen LogP contribution is 2.32. The Balaban J connectivity index is 1.58. The lowest BCUT2D eigenvalue weighted by Gasteiger charge is -2.31. The van der Waals surface area contributed by atoms with Crippen LogP contribution in [0.3, 0.4) is 0 Å². The number of Topliss-reactive ketones (excluding diaryl/α,β-unsaturated/α-hetero) is 1. The summed E-state index contributed by atoms with van der Waals surface area (Å²) < 4.78 is 27.0. The third-order valence-electron chi connectivity index (χ3n) is 5.50. The van der Waals surface area contributed by atoms with E-state index in [9.17, 15) is 18.0 Å². The number of nitrogens with one attached hydrogen (secondary N) is 1. The molecule has 1 amide bonds. The van der Waals surface area contributed by atoms with Gasteiger partial charge in [0.15, 0.2) is 5.78 Å². The SMILES string of the molecule is CC(=O)c1ccc(S(=O)(=O)N2CCC(C(=O)NC(CN)C3CC3)CC2)cc1. The first-order valence-corrected chi connectivity index (χ1v) is 10.9. The van der Waals surface area contributed by atoms with E-state index in [1.807, 2.05) is 0 Å². The molecule has 0 spiro atoms. The second-order valence-corrected chi connectivity index (χ2v) is 9.39. The van der Waals surface area contributed by atoms with Gasteiger partial charge in [0, 0.05) is 37.2 Å². The van der Waals surface area contributed by atoms with Crippen molar-refractivity contribution in [2.45, 2.75) is 43.5 Å². The molecule has 8 heteroatoms. The Morgan fingerprint density at radius 2 is 1.74 bits per heavy atom. The Bertz CT molecular complexity index is 795. The van der Waals surface area contributed by atoms with Gasteiger partial charge in [-0.3, -0.25) is 9.59 Å². The molecule has 1 heterocycles. The van der Waals surface area contributed by atoms with E-state index >= 15 is 0 Å². The van der Waals surface area contributed by atoms with Gasteiger partial charge in [-0.05, 0) is 50.7 Å². The second kappa shape index (κ2) is 8.08. The fourth-order valence-corrected chi connectivity index (χ4v) is 5.01. The van der Waals surface area contributed by atoms with Gasteiger partial charge in [-0.25, -0.2) is 8.42 Å². The minimum Gasteiger partial charge on any atom is -0.352 e. The number of piperidine rings is 1. The van der Waals surface area contributed by atoms with Crippen molar-refractivity contribution in [3.63, 3.8) is 0 Å². The number of nitrogens with two attached hydrogens (primary N) is 1. The van der Waals surface area contributed by atoms with E-state index in [2.05, 4.69) is 5.32 Å². The van der Waals surface area contributed by atoms with E-state index in [-0.39, 0.29) is 28.5 Å². The number of rotatable bonds is 7. The fourth-order valence-electron chi connectivity index (χ4n) is 3.54. The van der Waals surface area contributed by atoms with Gasteiger partial charge in [0.2, 0.25) is 15.9 Å². The maximum absolute atomic E-state index is 12.8. The summed E-state index contributed by atoms with van der Waals surface area (Å²) in [5.41, 5.74) is 6.22. The lowest BCUT2D eigenvalue weighted by atomic mass is 9.96.